The Morgan fingerprint density at radius 3 is 2.81 bits per heavy atom. The summed E-state index contributed by atoms with van der Waals surface area (Å²) in [5, 5.41) is 18.7. The molecule has 1 aliphatic rings. The van der Waals surface area contributed by atoms with Crippen LogP contribution in [0, 0.1) is 10.1 Å². The molecule has 1 unspecified atom stereocenters. The molecule has 3 rings (SSSR count). The summed E-state index contributed by atoms with van der Waals surface area (Å²) in [6.07, 6.45) is 1.21. The lowest BCUT2D eigenvalue weighted by Crippen LogP contribution is -2.48. The first-order valence-electron chi connectivity index (χ1n) is 8.05. The molecule has 26 heavy (non-hydrogen) atoms. The summed E-state index contributed by atoms with van der Waals surface area (Å²) in [5.74, 6) is -0.664. The molecule has 1 atom stereocenters. The number of halogens is 1. The van der Waals surface area contributed by atoms with Crippen LogP contribution < -0.4 is 5.32 Å². The Labute approximate surface area is 155 Å². The summed E-state index contributed by atoms with van der Waals surface area (Å²) in [5.41, 5.74) is 0.649. The Morgan fingerprint density at radius 1 is 1.42 bits per heavy atom. The van der Waals surface area contributed by atoms with Crippen LogP contribution >= 0.6 is 11.6 Å². The minimum absolute atomic E-state index is 0.173. The molecule has 1 fully saturated rings. The Bertz CT molecular complexity index is 930. The largest absolute Gasteiger partial charge is 0.410 e. The number of hydrogen-bond donors (Lipinski definition) is 1. The molecule has 1 aliphatic heterocycles. The van der Waals surface area contributed by atoms with Gasteiger partial charge >= 0.3 is 5.82 Å². The van der Waals surface area contributed by atoms with E-state index in [1.165, 1.54) is 15.2 Å². The van der Waals surface area contributed by atoms with Crippen LogP contribution in [0.2, 0.25) is 5.02 Å². The molecule has 2 aromatic rings. The van der Waals surface area contributed by atoms with Crippen LogP contribution in [0.1, 0.15) is 18.5 Å². The van der Waals surface area contributed by atoms with Gasteiger partial charge in [-0.25, -0.2) is 8.42 Å². The van der Waals surface area contributed by atoms with Crippen molar-refractivity contribution in [2.45, 2.75) is 24.4 Å². The lowest BCUT2D eigenvalue weighted by molar-refractivity contribution is -0.392. The van der Waals surface area contributed by atoms with E-state index in [1.54, 1.807) is 31.2 Å². The fourth-order valence-electron chi connectivity index (χ4n) is 2.97. The summed E-state index contributed by atoms with van der Waals surface area (Å²) in [6.45, 7) is 3.03. The Morgan fingerprint density at radius 2 is 2.15 bits per heavy atom. The van der Waals surface area contributed by atoms with E-state index in [4.69, 9.17) is 11.6 Å². The fraction of sp³-hybridized carbons (Fsp3) is 0.400. The van der Waals surface area contributed by atoms with Crippen LogP contribution in [-0.2, 0) is 16.6 Å². The third kappa shape index (κ3) is 3.32. The van der Waals surface area contributed by atoms with E-state index in [2.05, 4.69) is 10.4 Å². The molecule has 2 heterocycles. The highest BCUT2D eigenvalue weighted by molar-refractivity contribution is 7.89. The van der Waals surface area contributed by atoms with Gasteiger partial charge < -0.3 is 15.4 Å². The maximum Gasteiger partial charge on any atom is 0.410 e. The van der Waals surface area contributed by atoms with Gasteiger partial charge in [0, 0.05) is 24.7 Å². The summed E-state index contributed by atoms with van der Waals surface area (Å²) >= 11 is 6.25. The van der Waals surface area contributed by atoms with Gasteiger partial charge in [0.2, 0.25) is 4.90 Å². The lowest BCUT2D eigenvalue weighted by Gasteiger charge is -2.35. The molecule has 9 nitrogen and oxygen atoms in total. The van der Waals surface area contributed by atoms with Gasteiger partial charge in [-0.3, -0.25) is 0 Å². The molecule has 0 amide bonds. The van der Waals surface area contributed by atoms with Gasteiger partial charge in [-0.1, -0.05) is 29.8 Å². The highest BCUT2D eigenvalue weighted by Crippen LogP contribution is 2.34. The van der Waals surface area contributed by atoms with Crippen LogP contribution in [0.3, 0.4) is 0 Å². The smallest absolute Gasteiger partial charge is 0.358 e. The second-order valence-corrected chi connectivity index (χ2v) is 8.05. The van der Waals surface area contributed by atoms with Crippen molar-refractivity contribution < 1.29 is 13.3 Å². The zero-order valence-electron chi connectivity index (χ0n) is 14.0. The molecule has 1 aromatic carbocycles. The van der Waals surface area contributed by atoms with Crippen molar-refractivity contribution in [3.05, 3.63) is 51.2 Å². The number of nitro groups is 1. The first-order chi connectivity index (χ1) is 12.4. The highest BCUT2D eigenvalue weighted by atomic mass is 35.5. The summed E-state index contributed by atoms with van der Waals surface area (Å²) in [7, 11) is -4.13. The van der Waals surface area contributed by atoms with E-state index in [9.17, 15) is 18.5 Å². The molecule has 0 aliphatic carbocycles. The zero-order chi connectivity index (χ0) is 18.9. The third-order valence-electron chi connectivity index (χ3n) is 4.25. The molecule has 1 aromatic heterocycles. The molecule has 1 N–H and O–H groups in total. The SMILES string of the molecule is CCn1cc(S(=O)(=O)N2CCNCC2c2ccccc2Cl)c([N+](=O)[O-])n1. The summed E-state index contributed by atoms with van der Waals surface area (Å²) in [6, 6.07) is 6.42. The van der Waals surface area contributed by atoms with E-state index in [1.807, 2.05) is 0 Å². The lowest BCUT2D eigenvalue weighted by atomic mass is 10.1. The van der Waals surface area contributed by atoms with E-state index < -0.39 is 31.7 Å². The van der Waals surface area contributed by atoms with Crippen LogP contribution in [0.5, 0.6) is 0 Å². The first kappa shape index (κ1) is 18.8. The number of piperazine rings is 1. The molecular weight excluding hydrogens is 382 g/mol. The number of sulfonamides is 1. The number of aryl methyl sites for hydroxylation is 1. The van der Waals surface area contributed by atoms with Crippen molar-refractivity contribution in [3.8, 4) is 0 Å². The molecule has 0 saturated carbocycles. The van der Waals surface area contributed by atoms with Gasteiger partial charge in [-0.2, -0.15) is 8.99 Å². The van der Waals surface area contributed by atoms with Gasteiger partial charge in [-0.05, 0) is 23.5 Å². The van der Waals surface area contributed by atoms with Crippen molar-refractivity contribution in [2.75, 3.05) is 19.6 Å². The zero-order valence-corrected chi connectivity index (χ0v) is 15.6. The van der Waals surface area contributed by atoms with Crippen LogP contribution in [-0.4, -0.2) is 47.1 Å². The number of aromatic nitrogens is 2. The first-order valence-corrected chi connectivity index (χ1v) is 9.87. The van der Waals surface area contributed by atoms with Crippen LogP contribution in [0.25, 0.3) is 0 Å². The van der Waals surface area contributed by atoms with E-state index in [-0.39, 0.29) is 6.54 Å². The van der Waals surface area contributed by atoms with Crippen LogP contribution in [0.15, 0.2) is 35.4 Å². The highest BCUT2D eigenvalue weighted by Gasteiger charge is 2.41. The minimum Gasteiger partial charge on any atom is -0.358 e. The summed E-state index contributed by atoms with van der Waals surface area (Å²) in [4.78, 5) is 10.1. The standard InChI is InChI=1S/C15H18ClN5O4S/c1-2-19-10-14(15(18-19)21(22)23)26(24,25)20-8-7-17-9-13(20)11-5-3-4-6-12(11)16/h3-6,10,13,17H,2,7-9H2,1H3. The fourth-order valence-corrected chi connectivity index (χ4v) is 4.94. The van der Waals surface area contributed by atoms with Gasteiger partial charge in [-0.15, -0.1) is 0 Å². The quantitative estimate of drug-likeness (QED) is 0.606. The van der Waals surface area contributed by atoms with Gasteiger partial charge in [0.15, 0.2) is 0 Å². The Balaban J connectivity index is 2.09. The van der Waals surface area contributed by atoms with Crippen molar-refractivity contribution in [2.24, 2.45) is 0 Å². The maximum atomic E-state index is 13.2. The van der Waals surface area contributed by atoms with Gasteiger partial charge in [0.25, 0.3) is 10.0 Å². The predicted octanol–water partition coefficient (Wildman–Crippen LogP) is 1.80. The molecule has 1 saturated heterocycles. The van der Waals surface area contributed by atoms with E-state index in [0.717, 1.165) is 0 Å². The second-order valence-electron chi connectivity index (χ2n) is 5.79. The van der Waals surface area contributed by atoms with Crippen molar-refractivity contribution >= 4 is 27.4 Å². The van der Waals surface area contributed by atoms with Crippen LogP contribution in [0.4, 0.5) is 5.82 Å². The normalized spacial score (nSPS) is 18.8. The van der Waals surface area contributed by atoms with Crippen molar-refractivity contribution in [1.29, 1.82) is 0 Å². The average Bonchev–Trinajstić information content (AvgIpc) is 3.08. The molecular formula is C15H18ClN5O4S. The number of nitrogens with zero attached hydrogens (tertiary/aromatic N) is 4. The van der Waals surface area contributed by atoms with E-state index in [0.29, 0.717) is 30.2 Å². The molecule has 11 heteroatoms. The van der Waals surface area contributed by atoms with E-state index >= 15 is 0 Å². The average molecular weight is 400 g/mol. The molecule has 0 bridgehead atoms. The monoisotopic (exact) mass is 399 g/mol. The maximum absolute atomic E-state index is 13.2. The van der Waals surface area contributed by atoms with Crippen molar-refractivity contribution in [3.63, 3.8) is 0 Å². The molecule has 0 radical (unpaired) electrons. The number of rotatable bonds is 5. The van der Waals surface area contributed by atoms with Gasteiger partial charge in [0.05, 0.1) is 23.9 Å². The minimum atomic E-state index is -4.13. The second kappa shape index (κ2) is 7.31. The van der Waals surface area contributed by atoms with Crippen molar-refractivity contribution in [1.82, 2.24) is 19.4 Å². The Kier molecular flexibility index (Phi) is 5.28. The number of nitrogens with one attached hydrogen (secondary N) is 1. The number of benzene rings is 1. The molecule has 0 spiro atoms. The summed E-state index contributed by atoms with van der Waals surface area (Å²) < 4.78 is 29.0. The number of hydrogen-bond acceptors (Lipinski definition) is 6. The Hall–Kier alpha value is -2.01. The third-order valence-corrected chi connectivity index (χ3v) is 6.49. The van der Waals surface area contributed by atoms with Gasteiger partial charge in [0.1, 0.15) is 0 Å². The molecule has 140 valence electrons. The predicted molar refractivity (Wildman–Crippen MR) is 95.5 cm³/mol. The topological polar surface area (TPSA) is 110 Å².